The minimum atomic E-state index is -0.225. The number of carbonyl (C=O) groups excluding carboxylic acids is 2. The topological polar surface area (TPSA) is 69.6 Å². The van der Waals surface area contributed by atoms with Gasteiger partial charge in [-0.3, -0.25) is 9.59 Å². The number of rotatable bonds is 3. The van der Waals surface area contributed by atoms with E-state index in [1.807, 2.05) is 23.1 Å². The number of aliphatic hydroxyl groups excluding tert-OH is 1. The van der Waals surface area contributed by atoms with Crippen LogP contribution in [0, 0.1) is 11.8 Å². The molecule has 0 spiro atoms. The van der Waals surface area contributed by atoms with Gasteiger partial charge in [-0.1, -0.05) is 31.0 Å². The van der Waals surface area contributed by atoms with E-state index in [2.05, 4.69) is 11.4 Å². The number of para-hydroxylation sites is 1. The van der Waals surface area contributed by atoms with Crippen LogP contribution in [0.2, 0.25) is 0 Å². The summed E-state index contributed by atoms with van der Waals surface area (Å²) < 4.78 is 0. The molecule has 4 rings (SSSR count). The molecule has 1 heterocycles. The maximum absolute atomic E-state index is 13.3. The van der Waals surface area contributed by atoms with Crippen LogP contribution in [0.4, 0.5) is 5.69 Å². The largest absolute Gasteiger partial charge is 0.393 e. The summed E-state index contributed by atoms with van der Waals surface area (Å²) in [4.78, 5) is 28.2. The summed E-state index contributed by atoms with van der Waals surface area (Å²) in [6, 6.07) is 8.25. The predicted octanol–water partition coefficient (Wildman–Crippen LogP) is 2.80. The highest BCUT2D eigenvalue weighted by atomic mass is 16.3. The Kier molecular flexibility index (Phi) is 5.48. The molecular formula is C22H30N2O3. The number of amides is 2. The van der Waals surface area contributed by atoms with E-state index in [0.717, 1.165) is 70.0 Å². The number of benzene rings is 1. The van der Waals surface area contributed by atoms with Gasteiger partial charge < -0.3 is 15.3 Å². The van der Waals surface area contributed by atoms with Crippen molar-refractivity contribution >= 4 is 17.5 Å². The average Bonchev–Trinajstić information content (AvgIpc) is 3.13. The molecule has 2 N–H and O–H groups in total. The van der Waals surface area contributed by atoms with E-state index in [1.54, 1.807) is 0 Å². The third-order valence-corrected chi connectivity index (χ3v) is 6.62. The zero-order chi connectivity index (χ0) is 18.8. The monoisotopic (exact) mass is 370 g/mol. The molecule has 1 aromatic carbocycles. The molecule has 146 valence electrons. The second kappa shape index (κ2) is 8.01. The summed E-state index contributed by atoms with van der Waals surface area (Å²) in [6.07, 6.45) is 7.48. The van der Waals surface area contributed by atoms with Gasteiger partial charge in [-0.05, 0) is 56.6 Å². The number of hydrogen-bond donors (Lipinski definition) is 2. The van der Waals surface area contributed by atoms with E-state index in [0.29, 0.717) is 0 Å². The van der Waals surface area contributed by atoms with Gasteiger partial charge in [0, 0.05) is 24.2 Å². The fraction of sp³-hybridized carbons (Fsp3) is 0.636. The van der Waals surface area contributed by atoms with E-state index in [9.17, 15) is 14.7 Å². The first-order chi connectivity index (χ1) is 13.1. The molecule has 0 unspecified atom stereocenters. The molecule has 5 nitrogen and oxygen atoms in total. The molecule has 0 radical (unpaired) electrons. The van der Waals surface area contributed by atoms with Crippen molar-refractivity contribution in [1.29, 1.82) is 0 Å². The maximum Gasteiger partial charge on any atom is 0.230 e. The Morgan fingerprint density at radius 1 is 0.963 bits per heavy atom. The van der Waals surface area contributed by atoms with Crippen molar-refractivity contribution in [3.63, 3.8) is 0 Å². The highest BCUT2D eigenvalue weighted by Gasteiger charge is 2.40. The lowest BCUT2D eigenvalue weighted by Gasteiger charge is -2.34. The fourth-order valence-electron chi connectivity index (χ4n) is 5.04. The Bertz CT molecular complexity index is 697. The lowest BCUT2D eigenvalue weighted by molar-refractivity contribution is -0.135. The van der Waals surface area contributed by atoms with Crippen LogP contribution in [0.25, 0.3) is 0 Å². The molecule has 2 amide bonds. The molecule has 0 saturated heterocycles. The van der Waals surface area contributed by atoms with Crippen LogP contribution >= 0.6 is 0 Å². The first kappa shape index (κ1) is 18.5. The van der Waals surface area contributed by atoms with Crippen molar-refractivity contribution in [2.45, 2.75) is 69.9 Å². The first-order valence-electron chi connectivity index (χ1n) is 10.5. The Balaban J connectivity index is 1.44. The Labute approximate surface area is 161 Å². The van der Waals surface area contributed by atoms with Gasteiger partial charge in [0.1, 0.15) is 0 Å². The smallest absolute Gasteiger partial charge is 0.230 e. The quantitative estimate of drug-likeness (QED) is 0.860. The summed E-state index contributed by atoms with van der Waals surface area (Å²) in [5.41, 5.74) is 2.25. The standard InChI is InChI=1S/C22H30N2O3/c25-17-11-9-16(10-12-17)23-21(26)18-6-2-3-7-19(18)22(27)24-14-13-15-5-1-4-8-20(15)24/h1,4-5,8,16-19,25H,2-3,6-7,9-14H2,(H,23,26)/t16?,17?,18-,19+/m1/s1. The van der Waals surface area contributed by atoms with E-state index in [-0.39, 0.29) is 35.8 Å². The molecule has 2 fully saturated rings. The summed E-state index contributed by atoms with van der Waals surface area (Å²) in [7, 11) is 0. The Morgan fingerprint density at radius 3 is 2.44 bits per heavy atom. The minimum Gasteiger partial charge on any atom is -0.393 e. The van der Waals surface area contributed by atoms with Crippen molar-refractivity contribution in [2.75, 3.05) is 11.4 Å². The highest BCUT2D eigenvalue weighted by Crippen LogP contribution is 2.36. The average molecular weight is 370 g/mol. The number of aliphatic hydroxyl groups is 1. The Hall–Kier alpha value is -1.88. The normalized spacial score (nSPS) is 30.6. The van der Waals surface area contributed by atoms with Crippen molar-refractivity contribution in [2.24, 2.45) is 11.8 Å². The zero-order valence-electron chi connectivity index (χ0n) is 15.9. The summed E-state index contributed by atoms with van der Waals surface area (Å²) in [5, 5.41) is 12.8. The third kappa shape index (κ3) is 3.88. The van der Waals surface area contributed by atoms with Gasteiger partial charge in [0.15, 0.2) is 0 Å². The van der Waals surface area contributed by atoms with Crippen molar-refractivity contribution in [1.82, 2.24) is 5.32 Å². The molecule has 3 aliphatic rings. The van der Waals surface area contributed by atoms with Crippen LogP contribution in [0.5, 0.6) is 0 Å². The van der Waals surface area contributed by atoms with Gasteiger partial charge in [-0.15, -0.1) is 0 Å². The lowest BCUT2D eigenvalue weighted by Crippen LogP contribution is -2.48. The van der Waals surface area contributed by atoms with Crippen molar-refractivity contribution in [3.8, 4) is 0 Å². The SMILES string of the molecule is O=C(NC1CCC(O)CC1)[C@@H]1CCCC[C@@H]1C(=O)N1CCc2ccccc21. The maximum atomic E-state index is 13.3. The number of hydrogen-bond acceptors (Lipinski definition) is 3. The third-order valence-electron chi connectivity index (χ3n) is 6.62. The first-order valence-corrected chi connectivity index (χ1v) is 10.5. The number of fused-ring (bicyclic) bond motifs is 1. The number of carbonyl (C=O) groups is 2. The van der Waals surface area contributed by atoms with Gasteiger partial charge in [0.25, 0.3) is 0 Å². The van der Waals surface area contributed by atoms with Gasteiger partial charge in [-0.2, -0.15) is 0 Å². The summed E-state index contributed by atoms with van der Waals surface area (Å²) >= 11 is 0. The molecular weight excluding hydrogens is 340 g/mol. The number of anilines is 1. The van der Waals surface area contributed by atoms with Crippen molar-refractivity contribution in [3.05, 3.63) is 29.8 Å². The van der Waals surface area contributed by atoms with Crippen LogP contribution in [0.15, 0.2) is 24.3 Å². The van der Waals surface area contributed by atoms with E-state index < -0.39 is 0 Å². The number of nitrogens with zero attached hydrogens (tertiary/aromatic N) is 1. The minimum absolute atomic E-state index is 0.0434. The molecule has 1 aromatic rings. The molecule has 5 heteroatoms. The molecule has 2 saturated carbocycles. The predicted molar refractivity (Wildman–Crippen MR) is 104 cm³/mol. The van der Waals surface area contributed by atoms with E-state index >= 15 is 0 Å². The van der Waals surface area contributed by atoms with Crippen LogP contribution in [-0.2, 0) is 16.0 Å². The lowest BCUT2D eigenvalue weighted by atomic mass is 9.77. The summed E-state index contributed by atoms with van der Waals surface area (Å²) in [5.74, 6) is -0.259. The van der Waals surface area contributed by atoms with Gasteiger partial charge in [0.05, 0.1) is 12.0 Å². The zero-order valence-corrected chi connectivity index (χ0v) is 15.9. The van der Waals surface area contributed by atoms with E-state index in [4.69, 9.17) is 0 Å². The van der Waals surface area contributed by atoms with Gasteiger partial charge in [-0.25, -0.2) is 0 Å². The van der Waals surface area contributed by atoms with Crippen molar-refractivity contribution < 1.29 is 14.7 Å². The number of nitrogens with one attached hydrogen (secondary N) is 1. The van der Waals surface area contributed by atoms with Gasteiger partial charge >= 0.3 is 0 Å². The van der Waals surface area contributed by atoms with Crippen LogP contribution in [0.3, 0.4) is 0 Å². The summed E-state index contributed by atoms with van der Waals surface area (Å²) in [6.45, 7) is 0.726. The molecule has 2 atom stereocenters. The van der Waals surface area contributed by atoms with Gasteiger partial charge in [0.2, 0.25) is 11.8 Å². The van der Waals surface area contributed by atoms with Crippen LogP contribution < -0.4 is 10.2 Å². The molecule has 0 aromatic heterocycles. The van der Waals surface area contributed by atoms with E-state index in [1.165, 1.54) is 5.56 Å². The molecule has 27 heavy (non-hydrogen) atoms. The molecule has 1 aliphatic heterocycles. The fourth-order valence-corrected chi connectivity index (χ4v) is 5.04. The molecule has 0 bridgehead atoms. The van der Waals surface area contributed by atoms with Crippen LogP contribution in [0.1, 0.15) is 56.9 Å². The Morgan fingerprint density at radius 2 is 1.67 bits per heavy atom. The highest BCUT2D eigenvalue weighted by molar-refractivity contribution is 5.99. The molecule has 2 aliphatic carbocycles. The second-order valence-corrected chi connectivity index (χ2v) is 8.38. The second-order valence-electron chi connectivity index (χ2n) is 8.38. The van der Waals surface area contributed by atoms with Crippen LogP contribution in [-0.4, -0.2) is 35.6 Å².